The van der Waals surface area contributed by atoms with Crippen LogP contribution in [0, 0.1) is 0 Å². The fourth-order valence-electron chi connectivity index (χ4n) is 0.872. The molecule has 5 nitrogen and oxygen atoms in total. The molecule has 1 saturated heterocycles. The molecule has 0 aromatic heterocycles. The third kappa shape index (κ3) is 3.10. The maximum Gasteiger partial charge on any atom is 0.522 e. The van der Waals surface area contributed by atoms with E-state index in [1.54, 1.807) is 0 Å². The van der Waals surface area contributed by atoms with Crippen molar-refractivity contribution >= 4 is 10.2 Å². The summed E-state index contributed by atoms with van der Waals surface area (Å²) >= 11 is 0. The van der Waals surface area contributed by atoms with Crippen molar-refractivity contribution in [3.05, 3.63) is 0 Å². The first-order valence-electron chi connectivity index (χ1n) is 3.21. The van der Waals surface area contributed by atoms with Gasteiger partial charge in [0.2, 0.25) is 0 Å². The van der Waals surface area contributed by atoms with E-state index in [9.17, 15) is 21.6 Å². The molecule has 0 unspecified atom stereocenters. The van der Waals surface area contributed by atoms with Gasteiger partial charge in [0.25, 0.3) is 10.2 Å². The highest BCUT2D eigenvalue weighted by Crippen LogP contribution is 2.24. The lowest BCUT2D eigenvalue weighted by atomic mass is 10.2. The first-order valence-corrected chi connectivity index (χ1v) is 4.71. The van der Waals surface area contributed by atoms with Crippen molar-refractivity contribution in [1.29, 1.82) is 0 Å². The second-order valence-corrected chi connectivity index (χ2v) is 4.09. The molecule has 78 valence electrons. The molecule has 0 aromatic rings. The zero-order chi connectivity index (χ0) is 10.3. The molecule has 2 N–H and O–H groups in total. The second-order valence-electron chi connectivity index (χ2n) is 2.55. The summed E-state index contributed by atoms with van der Waals surface area (Å²) in [5, 5.41) is 4.63. The van der Waals surface area contributed by atoms with Gasteiger partial charge in [0.1, 0.15) is 0 Å². The van der Waals surface area contributed by atoms with Crippen LogP contribution in [0.25, 0.3) is 0 Å². The molecule has 1 fully saturated rings. The summed E-state index contributed by atoms with van der Waals surface area (Å²) in [6.45, 7) is -0.698. The Morgan fingerprint density at radius 2 is 1.85 bits per heavy atom. The Balaban J connectivity index is 2.35. The standard InChI is InChI=1S/C4H7F3N2O3S/c5-4(6,7)12-3-1-9(2-3)13(8,10)11/h3H,1-2H2,(H2,8,10,11). The Kier molecular flexibility index (Phi) is 2.54. The summed E-state index contributed by atoms with van der Waals surface area (Å²) < 4.78 is 59.8. The van der Waals surface area contributed by atoms with E-state index in [4.69, 9.17) is 0 Å². The maximum atomic E-state index is 11.5. The van der Waals surface area contributed by atoms with E-state index in [1.165, 1.54) is 0 Å². The molecule has 0 spiro atoms. The van der Waals surface area contributed by atoms with Crippen molar-refractivity contribution in [1.82, 2.24) is 4.31 Å². The van der Waals surface area contributed by atoms with Gasteiger partial charge in [-0.15, -0.1) is 13.2 Å². The number of alkyl halides is 3. The first-order chi connectivity index (χ1) is 5.68. The first kappa shape index (κ1) is 10.7. The van der Waals surface area contributed by atoms with E-state index in [-0.39, 0.29) is 13.1 Å². The number of hydrogen-bond donors (Lipinski definition) is 1. The number of nitrogens with two attached hydrogens (primary N) is 1. The summed E-state index contributed by atoms with van der Waals surface area (Å²) in [4.78, 5) is 0. The van der Waals surface area contributed by atoms with Gasteiger partial charge < -0.3 is 0 Å². The van der Waals surface area contributed by atoms with Crippen LogP contribution in [0.15, 0.2) is 0 Å². The van der Waals surface area contributed by atoms with Crippen molar-refractivity contribution in [2.24, 2.45) is 5.14 Å². The SMILES string of the molecule is NS(=O)(=O)N1CC(OC(F)(F)F)C1. The lowest BCUT2D eigenvalue weighted by Gasteiger charge is -2.36. The van der Waals surface area contributed by atoms with Gasteiger partial charge in [-0.25, -0.2) is 5.14 Å². The fourth-order valence-corrected chi connectivity index (χ4v) is 1.62. The summed E-state index contributed by atoms with van der Waals surface area (Å²) in [5.74, 6) is 0. The van der Waals surface area contributed by atoms with E-state index < -0.39 is 22.7 Å². The number of nitrogens with zero attached hydrogens (tertiary/aromatic N) is 1. The quantitative estimate of drug-likeness (QED) is 0.676. The smallest absolute Gasteiger partial charge is 0.286 e. The van der Waals surface area contributed by atoms with Crippen LogP contribution in [-0.4, -0.2) is 38.3 Å². The Bertz CT molecular complexity index is 281. The van der Waals surface area contributed by atoms with Crippen molar-refractivity contribution in [2.45, 2.75) is 12.5 Å². The third-order valence-corrected chi connectivity index (χ3v) is 2.49. The zero-order valence-corrected chi connectivity index (χ0v) is 7.10. The van der Waals surface area contributed by atoms with Crippen LogP contribution in [-0.2, 0) is 14.9 Å². The lowest BCUT2D eigenvalue weighted by molar-refractivity contribution is -0.351. The monoisotopic (exact) mass is 220 g/mol. The highest BCUT2D eigenvalue weighted by molar-refractivity contribution is 7.86. The van der Waals surface area contributed by atoms with Crippen molar-refractivity contribution < 1.29 is 26.3 Å². The minimum absolute atomic E-state index is 0.349. The van der Waals surface area contributed by atoms with E-state index in [0.717, 1.165) is 0 Å². The predicted molar refractivity (Wildman–Crippen MR) is 35.6 cm³/mol. The van der Waals surface area contributed by atoms with Gasteiger partial charge in [-0.2, -0.15) is 12.7 Å². The number of hydrogen-bond acceptors (Lipinski definition) is 3. The Morgan fingerprint density at radius 1 is 1.38 bits per heavy atom. The average Bonchev–Trinajstić information content (AvgIpc) is 1.71. The molecule has 0 saturated carbocycles. The lowest BCUT2D eigenvalue weighted by Crippen LogP contribution is -2.57. The van der Waals surface area contributed by atoms with Crippen LogP contribution in [0.3, 0.4) is 0 Å². The maximum absolute atomic E-state index is 11.5. The average molecular weight is 220 g/mol. The molecule has 0 atom stereocenters. The van der Waals surface area contributed by atoms with Crippen molar-refractivity contribution in [3.63, 3.8) is 0 Å². The molecular weight excluding hydrogens is 213 g/mol. The molecule has 9 heteroatoms. The fraction of sp³-hybridized carbons (Fsp3) is 1.00. The summed E-state index contributed by atoms with van der Waals surface area (Å²) in [6.07, 6.45) is -5.87. The topological polar surface area (TPSA) is 72.6 Å². The summed E-state index contributed by atoms with van der Waals surface area (Å²) in [5.41, 5.74) is 0. The van der Waals surface area contributed by atoms with Crippen LogP contribution in [0.1, 0.15) is 0 Å². The van der Waals surface area contributed by atoms with Gasteiger partial charge in [0.05, 0.1) is 6.10 Å². The number of halogens is 3. The van der Waals surface area contributed by atoms with Gasteiger partial charge in [0.15, 0.2) is 0 Å². The molecule has 0 radical (unpaired) electrons. The Labute approximate surface area is 72.4 Å². The second kappa shape index (κ2) is 3.08. The normalized spacial score (nSPS) is 21.5. The molecule has 0 bridgehead atoms. The van der Waals surface area contributed by atoms with Crippen LogP contribution in [0.4, 0.5) is 13.2 Å². The van der Waals surface area contributed by atoms with Crippen molar-refractivity contribution in [3.8, 4) is 0 Å². The number of rotatable bonds is 2. The highest BCUT2D eigenvalue weighted by atomic mass is 32.2. The molecule has 1 aliphatic heterocycles. The number of ether oxygens (including phenoxy) is 1. The molecule has 13 heavy (non-hydrogen) atoms. The zero-order valence-electron chi connectivity index (χ0n) is 6.28. The van der Waals surface area contributed by atoms with Crippen molar-refractivity contribution in [2.75, 3.05) is 13.1 Å². The van der Waals surface area contributed by atoms with Crippen LogP contribution in [0.2, 0.25) is 0 Å². The minimum Gasteiger partial charge on any atom is -0.286 e. The largest absolute Gasteiger partial charge is 0.522 e. The van der Waals surface area contributed by atoms with E-state index in [2.05, 4.69) is 9.88 Å². The van der Waals surface area contributed by atoms with E-state index >= 15 is 0 Å². The molecule has 0 aliphatic carbocycles. The van der Waals surface area contributed by atoms with Gasteiger partial charge >= 0.3 is 6.36 Å². The van der Waals surface area contributed by atoms with Gasteiger partial charge in [0, 0.05) is 13.1 Å². The van der Waals surface area contributed by atoms with Crippen LogP contribution in [0.5, 0.6) is 0 Å². The molecule has 0 aromatic carbocycles. The summed E-state index contributed by atoms with van der Waals surface area (Å²) in [6, 6.07) is 0. The molecule has 1 aliphatic rings. The minimum atomic E-state index is -4.73. The Hall–Kier alpha value is -0.380. The molecular formula is C4H7F3N2O3S. The highest BCUT2D eigenvalue weighted by Gasteiger charge is 2.42. The molecule has 1 rings (SSSR count). The predicted octanol–water partition coefficient (Wildman–Crippen LogP) is -0.589. The van der Waals surface area contributed by atoms with E-state index in [1.807, 2.05) is 0 Å². The Morgan fingerprint density at radius 3 is 2.15 bits per heavy atom. The van der Waals surface area contributed by atoms with Gasteiger partial charge in [-0.05, 0) is 0 Å². The molecule has 0 amide bonds. The summed E-state index contributed by atoms with van der Waals surface area (Å²) in [7, 11) is -3.87. The van der Waals surface area contributed by atoms with Gasteiger partial charge in [-0.1, -0.05) is 0 Å². The van der Waals surface area contributed by atoms with E-state index in [0.29, 0.717) is 4.31 Å². The van der Waals surface area contributed by atoms with Crippen LogP contribution >= 0.6 is 0 Å². The van der Waals surface area contributed by atoms with Crippen LogP contribution < -0.4 is 5.14 Å². The molecule has 1 heterocycles. The third-order valence-electron chi connectivity index (χ3n) is 1.47. The van der Waals surface area contributed by atoms with Gasteiger partial charge in [-0.3, -0.25) is 4.74 Å².